The molecule has 3 atom stereocenters. The molecular weight excluding hydrogens is 420 g/mol. The van der Waals surface area contributed by atoms with Gasteiger partial charge in [-0.3, -0.25) is 4.98 Å². The van der Waals surface area contributed by atoms with Crippen molar-refractivity contribution in [2.24, 2.45) is 0 Å². The van der Waals surface area contributed by atoms with E-state index >= 15 is 0 Å². The third-order valence-electron chi connectivity index (χ3n) is 6.24. The van der Waals surface area contributed by atoms with Gasteiger partial charge in [0, 0.05) is 25.0 Å². The molecule has 2 aromatic heterocycles. The molecule has 3 aromatic rings. The van der Waals surface area contributed by atoms with Crippen molar-refractivity contribution < 1.29 is 14.6 Å². The van der Waals surface area contributed by atoms with Gasteiger partial charge in [-0.2, -0.15) is 5.10 Å². The van der Waals surface area contributed by atoms with Crippen LogP contribution in [0.4, 0.5) is 11.6 Å². The molecule has 0 aliphatic carbocycles. The van der Waals surface area contributed by atoms with Gasteiger partial charge in [0.25, 0.3) is 0 Å². The number of carbonyl (C=O) groups is 1. The highest BCUT2D eigenvalue weighted by molar-refractivity contribution is 5.81. The first-order chi connectivity index (χ1) is 15.9. The van der Waals surface area contributed by atoms with Gasteiger partial charge in [0.05, 0.1) is 25.5 Å². The number of aliphatic hydroxyl groups is 1. The molecule has 9 nitrogen and oxygen atoms in total. The maximum atomic E-state index is 12.8. The SMILES string of the molecule is COC(=O)C1CN(c2cnccn2)C(C)CN1c1nnc([C@H](O)c2ccccc2)c(C)c1C. The van der Waals surface area contributed by atoms with Crippen molar-refractivity contribution >= 4 is 17.6 Å². The summed E-state index contributed by atoms with van der Waals surface area (Å²) in [7, 11) is 1.38. The Hall–Kier alpha value is -3.59. The molecule has 1 aromatic carbocycles. The average molecular weight is 449 g/mol. The van der Waals surface area contributed by atoms with Gasteiger partial charge in [-0.15, -0.1) is 5.10 Å². The second-order valence-electron chi connectivity index (χ2n) is 8.23. The number of hydrogen-bond donors (Lipinski definition) is 1. The lowest BCUT2D eigenvalue weighted by atomic mass is 9.99. The summed E-state index contributed by atoms with van der Waals surface area (Å²) < 4.78 is 5.12. The first-order valence-electron chi connectivity index (χ1n) is 10.9. The number of anilines is 2. The first-order valence-corrected chi connectivity index (χ1v) is 10.9. The third kappa shape index (κ3) is 4.36. The van der Waals surface area contributed by atoms with Gasteiger partial charge >= 0.3 is 5.97 Å². The number of nitrogens with zero attached hydrogens (tertiary/aromatic N) is 6. The molecule has 3 heterocycles. The van der Waals surface area contributed by atoms with Crippen LogP contribution in [0.3, 0.4) is 0 Å². The van der Waals surface area contributed by atoms with Crippen LogP contribution in [0.2, 0.25) is 0 Å². The molecule has 1 saturated heterocycles. The van der Waals surface area contributed by atoms with E-state index in [4.69, 9.17) is 4.74 Å². The van der Waals surface area contributed by atoms with Crippen molar-refractivity contribution in [3.05, 3.63) is 71.3 Å². The molecule has 0 spiro atoms. The average Bonchev–Trinajstić information content (AvgIpc) is 2.85. The standard InChI is InChI=1S/C24H28N6O3/c1-15-13-30(19(24(32)33-4)14-29(15)20-12-25-10-11-26-20)23-17(3)16(2)21(27-28-23)22(31)18-8-6-5-7-9-18/h5-12,15,19,22,31H,13-14H2,1-4H3/t15?,19?,22-/m1/s1. The fourth-order valence-electron chi connectivity index (χ4n) is 4.24. The summed E-state index contributed by atoms with van der Waals surface area (Å²) in [6.07, 6.45) is 4.07. The second-order valence-corrected chi connectivity index (χ2v) is 8.23. The van der Waals surface area contributed by atoms with E-state index in [0.717, 1.165) is 16.7 Å². The lowest BCUT2D eigenvalue weighted by molar-refractivity contribution is -0.142. The second kappa shape index (κ2) is 9.50. The minimum absolute atomic E-state index is 0.0405. The molecule has 1 aliphatic heterocycles. The summed E-state index contributed by atoms with van der Waals surface area (Å²) in [6, 6.07) is 8.82. The highest BCUT2D eigenvalue weighted by atomic mass is 16.5. The molecule has 1 aliphatic rings. The first kappa shape index (κ1) is 22.6. The van der Waals surface area contributed by atoms with Crippen LogP contribution >= 0.6 is 0 Å². The summed E-state index contributed by atoms with van der Waals surface area (Å²) in [5.41, 5.74) is 2.96. The number of aliphatic hydroxyl groups excluding tert-OH is 1. The quantitative estimate of drug-likeness (QED) is 0.588. The summed E-state index contributed by atoms with van der Waals surface area (Å²) >= 11 is 0. The third-order valence-corrected chi connectivity index (χ3v) is 6.24. The zero-order valence-electron chi connectivity index (χ0n) is 19.2. The van der Waals surface area contributed by atoms with Crippen LogP contribution in [0.1, 0.15) is 35.4 Å². The molecule has 2 unspecified atom stereocenters. The summed E-state index contributed by atoms with van der Waals surface area (Å²) in [4.78, 5) is 25.3. The molecule has 1 N–H and O–H groups in total. The lowest BCUT2D eigenvalue weighted by Gasteiger charge is -2.45. The van der Waals surface area contributed by atoms with Crippen molar-refractivity contribution in [1.82, 2.24) is 20.2 Å². The molecule has 0 amide bonds. The number of carbonyl (C=O) groups excluding carboxylic acids is 1. The number of aromatic nitrogens is 4. The molecule has 9 heteroatoms. The monoisotopic (exact) mass is 448 g/mol. The van der Waals surface area contributed by atoms with Gasteiger partial charge in [0.15, 0.2) is 5.82 Å². The van der Waals surface area contributed by atoms with Crippen LogP contribution in [0.15, 0.2) is 48.9 Å². The minimum Gasteiger partial charge on any atom is -0.467 e. The lowest BCUT2D eigenvalue weighted by Crippen LogP contribution is -2.61. The Morgan fingerprint density at radius 3 is 2.52 bits per heavy atom. The van der Waals surface area contributed by atoms with E-state index in [1.54, 1.807) is 18.6 Å². The van der Waals surface area contributed by atoms with E-state index in [9.17, 15) is 9.90 Å². The Balaban J connectivity index is 1.68. The van der Waals surface area contributed by atoms with Gasteiger partial charge < -0.3 is 19.6 Å². The van der Waals surface area contributed by atoms with Gasteiger partial charge in [-0.1, -0.05) is 30.3 Å². The number of hydrogen-bond acceptors (Lipinski definition) is 9. The molecular formula is C24H28N6O3. The largest absolute Gasteiger partial charge is 0.467 e. The summed E-state index contributed by atoms with van der Waals surface area (Å²) in [5.74, 6) is 0.958. The summed E-state index contributed by atoms with van der Waals surface area (Å²) in [6.45, 7) is 6.82. The summed E-state index contributed by atoms with van der Waals surface area (Å²) in [5, 5.41) is 19.7. The molecule has 0 bridgehead atoms. The van der Waals surface area contributed by atoms with Crippen LogP contribution in [0, 0.1) is 13.8 Å². The molecule has 4 rings (SSSR count). The minimum atomic E-state index is -0.879. The highest BCUT2D eigenvalue weighted by Crippen LogP contribution is 2.31. The molecule has 172 valence electrons. The fraction of sp³-hybridized carbons (Fsp3) is 0.375. The Morgan fingerprint density at radius 2 is 1.85 bits per heavy atom. The molecule has 33 heavy (non-hydrogen) atoms. The van der Waals surface area contributed by atoms with Gasteiger partial charge in [0.2, 0.25) is 0 Å². The van der Waals surface area contributed by atoms with Gasteiger partial charge in [-0.25, -0.2) is 9.78 Å². The maximum absolute atomic E-state index is 12.8. The number of benzene rings is 1. The van der Waals surface area contributed by atoms with Crippen molar-refractivity contribution in [3.8, 4) is 0 Å². The van der Waals surface area contributed by atoms with Crippen LogP contribution in [-0.2, 0) is 9.53 Å². The van der Waals surface area contributed by atoms with Crippen LogP contribution in [0.25, 0.3) is 0 Å². The van der Waals surface area contributed by atoms with Crippen molar-refractivity contribution in [2.75, 3.05) is 30.0 Å². The number of rotatable bonds is 5. The van der Waals surface area contributed by atoms with Crippen molar-refractivity contribution in [2.45, 2.75) is 39.0 Å². The zero-order valence-corrected chi connectivity index (χ0v) is 19.2. The van der Waals surface area contributed by atoms with E-state index in [2.05, 4.69) is 27.1 Å². The van der Waals surface area contributed by atoms with Crippen LogP contribution in [0.5, 0.6) is 0 Å². The molecule has 1 fully saturated rings. The van der Waals surface area contributed by atoms with Crippen molar-refractivity contribution in [3.63, 3.8) is 0 Å². The number of methoxy groups -OCH3 is 1. The smallest absolute Gasteiger partial charge is 0.330 e. The topological polar surface area (TPSA) is 105 Å². The predicted molar refractivity (Wildman–Crippen MR) is 124 cm³/mol. The highest BCUT2D eigenvalue weighted by Gasteiger charge is 2.39. The normalized spacial score (nSPS) is 19.3. The Morgan fingerprint density at radius 1 is 1.09 bits per heavy atom. The molecule has 0 saturated carbocycles. The number of piperazine rings is 1. The van der Waals surface area contributed by atoms with E-state index in [1.165, 1.54) is 7.11 Å². The fourth-order valence-corrected chi connectivity index (χ4v) is 4.24. The number of esters is 1. The van der Waals surface area contributed by atoms with E-state index in [0.29, 0.717) is 30.4 Å². The van der Waals surface area contributed by atoms with Gasteiger partial charge in [0.1, 0.15) is 18.0 Å². The Labute approximate surface area is 193 Å². The van der Waals surface area contributed by atoms with Crippen LogP contribution in [-0.4, -0.2) is 63.5 Å². The van der Waals surface area contributed by atoms with E-state index in [-0.39, 0.29) is 12.0 Å². The Kier molecular flexibility index (Phi) is 6.50. The van der Waals surface area contributed by atoms with Crippen LogP contribution < -0.4 is 9.80 Å². The van der Waals surface area contributed by atoms with Crippen molar-refractivity contribution in [1.29, 1.82) is 0 Å². The van der Waals surface area contributed by atoms with Gasteiger partial charge in [-0.05, 0) is 37.5 Å². The molecule has 0 radical (unpaired) electrons. The zero-order chi connectivity index (χ0) is 23.5. The number of ether oxygens (including phenoxy) is 1. The van der Waals surface area contributed by atoms with E-state index < -0.39 is 12.1 Å². The maximum Gasteiger partial charge on any atom is 0.330 e. The Bertz CT molecular complexity index is 1110. The van der Waals surface area contributed by atoms with E-state index in [1.807, 2.05) is 54.0 Å². The predicted octanol–water partition coefficient (Wildman–Crippen LogP) is 2.22.